The molecular weight excluding hydrogens is 336 g/mol. The lowest BCUT2D eigenvalue weighted by Crippen LogP contribution is -1.85. The van der Waals surface area contributed by atoms with Gasteiger partial charge >= 0.3 is 0 Å². The van der Waals surface area contributed by atoms with E-state index >= 15 is 0 Å². The van der Waals surface area contributed by atoms with Crippen LogP contribution in [0.15, 0.2) is 54.7 Å². The Morgan fingerprint density at radius 1 is 0.654 bits per heavy atom. The van der Waals surface area contributed by atoms with Crippen molar-refractivity contribution in [2.45, 2.75) is 0 Å². The van der Waals surface area contributed by atoms with Crippen LogP contribution < -0.4 is 0 Å². The molecule has 0 atom stereocenters. The lowest BCUT2D eigenvalue weighted by atomic mass is 10.2. The minimum absolute atomic E-state index is 0.417. The Morgan fingerprint density at radius 3 is 1.65 bits per heavy atom. The van der Waals surface area contributed by atoms with E-state index in [0.717, 1.165) is 12.1 Å². The summed E-state index contributed by atoms with van der Waals surface area (Å²) in [5.41, 5.74) is 1.93. The molecule has 3 nitrogen and oxygen atoms in total. The molecule has 1 aromatic heterocycles. The van der Waals surface area contributed by atoms with Gasteiger partial charge in [-0.1, -0.05) is 17.8 Å². The lowest BCUT2D eigenvalue weighted by Gasteiger charge is -1.95. The van der Waals surface area contributed by atoms with E-state index in [0.29, 0.717) is 22.4 Å². The van der Waals surface area contributed by atoms with Gasteiger partial charge in [0.15, 0.2) is 23.1 Å². The topological polar surface area (TPSA) is 53.4 Å². The summed E-state index contributed by atoms with van der Waals surface area (Å²) in [6, 6.07) is 11.1. The van der Waals surface area contributed by atoms with Crippen molar-refractivity contribution >= 4 is 0 Å². The summed E-state index contributed by atoms with van der Waals surface area (Å²) in [4.78, 5) is 4.14. The van der Waals surface area contributed by atoms with Crippen LogP contribution in [0.4, 0.5) is 8.78 Å². The molecule has 0 amide bonds. The van der Waals surface area contributed by atoms with E-state index in [1.165, 1.54) is 30.5 Å². The van der Waals surface area contributed by atoms with Crippen LogP contribution in [0, 0.1) is 35.3 Å². The Hall–Kier alpha value is -3.83. The molecule has 0 fully saturated rings. The Balaban J connectivity index is 1.75. The summed E-state index contributed by atoms with van der Waals surface area (Å²) in [5.74, 6) is 8.84. The number of rotatable bonds is 0. The van der Waals surface area contributed by atoms with Crippen molar-refractivity contribution in [3.8, 4) is 35.2 Å². The van der Waals surface area contributed by atoms with E-state index in [1.54, 1.807) is 12.1 Å². The minimum Gasteiger partial charge on any atom is -0.505 e. The fourth-order valence-electron chi connectivity index (χ4n) is 1.99. The summed E-state index contributed by atoms with van der Waals surface area (Å²) < 4.78 is 26.5. The highest BCUT2D eigenvalue weighted by atomic mass is 19.1. The van der Waals surface area contributed by atoms with Gasteiger partial charge in [0.25, 0.3) is 0 Å². The highest BCUT2D eigenvalue weighted by Gasteiger charge is 2.00. The van der Waals surface area contributed by atoms with Gasteiger partial charge in [-0.2, -0.15) is 0 Å². The van der Waals surface area contributed by atoms with Gasteiger partial charge in [0.2, 0.25) is 0 Å². The predicted octanol–water partition coefficient (Wildman–Crippen LogP) is 3.57. The monoisotopic (exact) mass is 347 g/mol. The molecule has 0 spiro atoms. The third-order valence-electron chi connectivity index (χ3n) is 3.34. The standard InChI is InChI=1S/C21H11F2NO2/c22-18-11-14(5-9-20(18)25)1-2-16-4-8-17(24-13-16)7-3-15-6-10-21(26)19(23)12-15/h4-6,8-13,25-26H. The van der Waals surface area contributed by atoms with Crippen LogP contribution in [0.25, 0.3) is 0 Å². The Kier molecular flexibility index (Phi) is 4.83. The zero-order valence-corrected chi connectivity index (χ0v) is 13.3. The molecule has 0 saturated carbocycles. The fraction of sp³-hybridized carbons (Fsp3) is 0. The van der Waals surface area contributed by atoms with Crippen molar-refractivity contribution in [1.29, 1.82) is 0 Å². The molecule has 3 rings (SSSR count). The number of pyridine rings is 1. The SMILES string of the molecule is Oc1ccc(C#Cc2ccc(C#Cc3ccc(O)c(F)c3)nc2)cc1F. The molecular formula is C21H11F2NO2. The normalized spacial score (nSPS) is 9.62. The molecule has 5 heteroatoms. The van der Waals surface area contributed by atoms with Crippen molar-refractivity contribution < 1.29 is 19.0 Å². The minimum atomic E-state index is -0.735. The van der Waals surface area contributed by atoms with Crippen molar-refractivity contribution in [3.05, 3.63) is 88.7 Å². The number of aromatic hydroxyl groups is 2. The van der Waals surface area contributed by atoms with Crippen molar-refractivity contribution in [2.75, 3.05) is 0 Å². The third-order valence-corrected chi connectivity index (χ3v) is 3.34. The summed E-state index contributed by atoms with van der Waals surface area (Å²) in [6.07, 6.45) is 1.52. The first-order chi connectivity index (χ1) is 12.5. The van der Waals surface area contributed by atoms with Crippen molar-refractivity contribution in [2.24, 2.45) is 0 Å². The number of phenols is 2. The Labute approximate surface area is 148 Å². The maximum absolute atomic E-state index is 13.2. The number of aromatic nitrogens is 1. The maximum atomic E-state index is 13.2. The number of benzene rings is 2. The van der Waals surface area contributed by atoms with Crippen LogP contribution in [0.5, 0.6) is 11.5 Å². The first-order valence-corrected chi connectivity index (χ1v) is 7.48. The van der Waals surface area contributed by atoms with Gasteiger partial charge in [-0.3, -0.25) is 0 Å². The molecule has 1 heterocycles. The first-order valence-electron chi connectivity index (χ1n) is 7.48. The Morgan fingerprint density at radius 2 is 1.15 bits per heavy atom. The molecule has 0 bridgehead atoms. The van der Waals surface area contributed by atoms with Crippen molar-refractivity contribution in [1.82, 2.24) is 4.98 Å². The molecule has 0 unspecified atom stereocenters. The van der Waals surface area contributed by atoms with Gasteiger partial charge < -0.3 is 10.2 Å². The third kappa shape index (κ3) is 4.17. The van der Waals surface area contributed by atoms with E-state index in [1.807, 2.05) is 0 Å². The summed E-state index contributed by atoms with van der Waals surface area (Å²) in [7, 11) is 0. The smallest absolute Gasteiger partial charge is 0.166 e. The molecule has 126 valence electrons. The summed E-state index contributed by atoms with van der Waals surface area (Å²) in [6.45, 7) is 0. The summed E-state index contributed by atoms with van der Waals surface area (Å²) >= 11 is 0. The average Bonchev–Trinajstić information content (AvgIpc) is 2.64. The fourth-order valence-corrected chi connectivity index (χ4v) is 1.99. The van der Waals surface area contributed by atoms with Crippen LogP contribution in [0.2, 0.25) is 0 Å². The van der Waals surface area contributed by atoms with Crippen LogP contribution in [-0.2, 0) is 0 Å². The van der Waals surface area contributed by atoms with Crippen LogP contribution >= 0.6 is 0 Å². The number of hydrogen-bond donors (Lipinski definition) is 2. The number of nitrogens with zero attached hydrogens (tertiary/aromatic N) is 1. The average molecular weight is 347 g/mol. The zero-order chi connectivity index (χ0) is 18.5. The van der Waals surface area contributed by atoms with Gasteiger partial charge in [0, 0.05) is 22.9 Å². The zero-order valence-electron chi connectivity index (χ0n) is 13.3. The first kappa shape index (κ1) is 17.0. The molecule has 2 N–H and O–H groups in total. The number of halogens is 2. The highest BCUT2D eigenvalue weighted by molar-refractivity contribution is 5.46. The number of phenolic OH excluding ortho intramolecular Hbond substituents is 2. The van der Waals surface area contributed by atoms with Crippen LogP contribution in [-0.4, -0.2) is 15.2 Å². The predicted molar refractivity (Wildman–Crippen MR) is 92.3 cm³/mol. The molecule has 26 heavy (non-hydrogen) atoms. The van der Waals surface area contributed by atoms with E-state index in [2.05, 4.69) is 28.7 Å². The Bertz CT molecular complexity index is 996. The lowest BCUT2D eigenvalue weighted by molar-refractivity contribution is 0.432. The van der Waals surface area contributed by atoms with Gasteiger partial charge in [0.05, 0.1) is 0 Å². The molecule has 0 aliphatic rings. The van der Waals surface area contributed by atoms with Crippen LogP contribution in [0.3, 0.4) is 0 Å². The second-order valence-corrected chi connectivity index (χ2v) is 5.26. The second kappa shape index (κ2) is 7.38. The molecule has 0 saturated heterocycles. The summed E-state index contributed by atoms with van der Waals surface area (Å²) in [5, 5.41) is 18.3. The molecule has 0 aliphatic carbocycles. The van der Waals surface area contributed by atoms with Gasteiger partial charge in [-0.05, 0) is 54.5 Å². The molecule has 0 radical (unpaired) electrons. The molecule has 2 aromatic carbocycles. The molecule has 3 aromatic rings. The van der Waals surface area contributed by atoms with Crippen LogP contribution in [0.1, 0.15) is 22.4 Å². The van der Waals surface area contributed by atoms with Crippen molar-refractivity contribution in [3.63, 3.8) is 0 Å². The van der Waals surface area contributed by atoms with Gasteiger partial charge in [-0.25, -0.2) is 13.8 Å². The van der Waals surface area contributed by atoms with E-state index < -0.39 is 23.1 Å². The molecule has 0 aliphatic heterocycles. The highest BCUT2D eigenvalue weighted by Crippen LogP contribution is 2.16. The van der Waals surface area contributed by atoms with E-state index in [4.69, 9.17) is 10.2 Å². The number of hydrogen-bond acceptors (Lipinski definition) is 3. The maximum Gasteiger partial charge on any atom is 0.166 e. The quantitative estimate of drug-likeness (QED) is 0.611. The van der Waals surface area contributed by atoms with E-state index in [9.17, 15) is 8.78 Å². The second-order valence-electron chi connectivity index (χ2n) is 5.26. The largest absolute Gasteiger partial charge is 0.505 e. The van der Waals surface area contributed by atoms with E-state index in [-0.39, 0.29) is 0 Å². The van der Waals surface area contributed by atoms with Gasteiger partial charge in [0.1, 0.15) is 5.69 Å². The van der Waals surface area contributed by atoms with Gasteiger partial charge in [-0.15, -0.1) is 0 Å².